The molecule has 9 heteroatoms. The first-order valence-electron chi connectivity index (χ1n) is 7.91. The van der Waals surface area contributed by atoms with E-state index in [4.69, 9.17) is 16.8 Å². The summed E-state index contributed by atoms with van der Waals surface area (Å²) < 4.78 is 18.5. The summed E-state index contributed by atoms with van der Waals surface area (Å²) in [6.07, 6.45) is 10.2. The fourth-order valence-corrected chi connectivity index (χ4v) is 2.46. The Morgan fingerprint density at radius 2 is 2.37 bits per heavy atom. The van der Waals surface area contributed by atoms with Crippen molar-refractivity contribution in [1.82, 2.24) is 15.3 Å². The first kappa shape index (κ1) is 20.3. The van der Waals surface area contributed by atoms with Gasteiger partial charge in [-0.15, -0.1) is 6.42 Å². The van der Waals surface area contributed by atoms with Gasteiger partial charge in [0.05, 0.1) is 5.70 Å². The monoisotopic (exact) mass is 432 g/mol. The van der Waals surface area contributed by atoms with Crippen molar-refractivity contribution in [3.8, 4) is 12.3 Å². The second-order valence-electron chi connectivity index (χ2n) is 5.27. The van der Waals surface area contributed by atoms with Gasteiger partial charge in [-0.2, -0.15) is 0 Å². The van der Waals surface area contributed by atoms with E-state index in [2.05, 4.69) is 41.5 Å². The molecular weight excluding hydrogens is 415 g/mol. The fourth-order valence-electron chi connectivity index (χ4n) is 2.01. The Morgan fingerprint density at radius 1 is 1.56 bits per heavy atom. The van der Waals surface area contributed by atoms with Crippen LogP contribution in [0.4, 0.5) is 10.2 Å². The molecule has 1 atom stereocenters. The number of nitrogens with two attached hydrogens (primary N) is 1. The lowest BCUT2D eigenvalue weighted by Gasteiger charge is -2.06. The SMILES string of the molecule is C#CC(F)/C(=C\C(=C/C)N=C(N)c1nonc1NCc1cccnc1)CBr. The zero-order valence-electron chi connectivity index (χ0n) is 14.6. The largest absolute Gasteiger partial charge is 0.382 e. The minimum Gasteiger partial charge on any atom is -0.382 e. The number of aromatic nitrogens is 3. The summed E-state index contributed by atoms with van der Waals surface area (Å²) >= 11 is 3.21. The van der Waals surface area contributed by atoms with Gasteiger partial charge in [0.2, 0.25) is 5.82 Å². The second kappa shape index (κ2) is 10.2. The number of halogens is 2. The van der Waals surface area contributed by atoms with E-state index in [0.29, 0.717) is 23.6 Å². The summed E-state index contributed by atoms with van der Waals surface area (Å²) in [4.78, 5) is 8.30. The Hall–Kier alpha value is -2.99. The van der Waals surface area contributed by atoms with Crippen molar-refractivity contribution < 1.29 is 9.02 Å². The van der Waals surface area contributed by atoms with Crippen molar-refractivity contribution in [3.05, 3.63) is 59.2 Å². The molecule has 2 rings (SSSR count). The molecule has 0 radical (unpaired) electrons. The number of nitrogens with zero attached hydrogens (tertiary/aromatic N) is 4. The third-order valence-electron chi connectivity index (χ3n) is 3.42. The molecule has 7 nitrogen and oxygen atoms in total. The Morgan fingerprint density at radius 3 is 3.00 bits per heavy atom. The zero-order valence-corrected chi connectivity index (χ0v) is 16.1. The van der Waals surface area contributed by atoms with E-state index in [1.807, 2.05) is 18.1 Å². The summed E-state index contributed by atoms with van der Waals surface area (Å²) in [5, 5.41) is 10.9. The van der Waals surface area contributed by atoms with E-state index in [-0.39, 0.29) is 16.9 Å². The van der Waals surface area contributed by atoms with Gasteiger partial charge in [0.15, 0.2) is 17.7 Å². The minimum atomic E-state index is -1.51. The number of hydrogen-bond donors (Lipinski definition) is 2. The van der Waals surface area contributed by atoms with Crippen LogP contribution < -0.4 is 11.1 Å². The Kier molecular flexibility index (Phi) is 7.70. The van der Waals surface area contributed by atoms with E-state index in [0.717, 1.165) is 5.56 Å². The molecule has 0 aliphatic rings. The van der Waals surface area contributed by atoms with E-state index in [9.17, 15) is 4.39 Å². The van der Waals surface area contributed by atoms with Gasteiger partial charge in [-0.3, -0.25) is 4.98 Å². The average Bonchev–Trinajstić information content (AvgIpc) is 3.18. The summed E-state index contributed by atoms with van der Waals surface area (Å²) in [5.74, 6) is 2.45. The van der Waals surface area contributed by atoms with Gasteiger partial charge in [0.25, 0.3) is 0 Å². The molecule has 1 unspecified atom stereocenters. The number of aliphatic imine (C=N–C) groups is 1. The summed E-state index contributed by atoms with van der Waals surface area (Å²) in [6, 6.07) is 3.74. The summed E-state index contributed by atoms with van der Waals surface area (Å²) in [6.45, 7) is 2.21. The molecule has 0 saturated heterocycles. The molecule has 0 bridgehead atoms. The van der Waals surface area contributed by atoms with Crippen LogP contribution in [0.3, 0.4) is 0 Å². The van der Waals surface area contributed by atoms with Crippen LogP contribution in [0, 0.1) is 12.3 Å². The highest BCUT2D eigenvalue weighted by Gasteiger charge is 2.15. The number of alkyl halides is 2. The highest BCUT2D eigenvalue weighted by atomic mass is 79.9. The first-order valence-corrected chi connectivity index (χ1v) is 9.04. The third-order valence-corrected chi connectivity index (χ3v) is 4.07. The number of rotatable bonds is 8. The molecule has 0 saturated carbocycles. The molecule has 140 valence electrons. The molecule has 27 heavy (non-hydrogen) atoms. The van der Waals surface area contributed by atoms with Gasteiger partial charge >= 0.3 is 0 Å². The van der Waals surface area contributed by atoms with Crippen LogP contribution in [0.2, 0.25) is 0 Å². The van der Waals surface area contributed by atoms with Crippen LogP contribution in [0.5, 0.6) is 0 Å². The average molecular weight is 433 g/mol. The number of nitrogens with one attached hydrogen (secondary N) is 1. The van der Waals surface area contributed by atoms with Crippen molar-refractivity contribution in [2.24, 2.45) is 10.7 Å². The molecule has 2 aromatic rings. The Labute approximate surface area is 164 Å². The summed E-state index contributed by atoms with van der Waals surface area (Å²) in [7, 11) is 0. The van der Waals surface area contributed by atoms with E-state index >= 15 is 0 Å². The highest BCUT2D eigenvalue weighted by Crippen LogP contribution is 2.16. The standard InChI is InChI=1S/C18H18BrFN6O/c1-3-14(8-13(9-19)15(20)4-2)24-17(21)16-18(26-27-25-16)23-11-12-6-5-7-22-10-12/h2-3,5-8,10,15H,9,11H2,1H3,(H2,21,24)(H,23,26)/b13-8-,14-3+. The number of anilines is 1. The van der Waals surface area contributed by atoms with Crippen molar-refractivity contribution >= 4 is 27.6 Å². The summed E-state index contributed by atoms with van der Waals surface area (Å²) in [5.41, 5.74) is 8.02. The molecule has 0 aliphatic heterocycles. The van der Waals surface area contributed by atoms with Crippen LogP contribution >= 0.6 is 15.9 Å². The number of hydrogen-bond acceptors (Lipinski definition) is 6. The van der Waals surface area contributed by atoms with Crippen molar-refractivity contribution in [1.29, 1.82) is 0 Å². The lowest BCUT2D eigenvalue weighted by molar-refractivity contribution is 0.307. The Balaban J connectivity index is 2.19. The quantitative estimate of drug-likeness (QED) is 0.218. The predicted octanol–water partition coefficient (Wildman–Crippen LogP) is 2.98. The predicted molar refractivity (Wildman–Crippen MR) is 106 cm³/mol. The molecule has 0 amide bonds. The number of amidine groups is 1. The van der Waals surface area contributed by atoms with E-state index in [1.165, 1.54) is 6.08 Å². The van der Waals surface area contributed by atoms with Gasteiger partial charge in [-0.05, 0) is 40.5 Å². The van der Waals surface area contributed by atoms with Crippen LogP contribution in [0.25, 0.3) is 0 Å². The van der Waals surface area contributed by atoms with Gasteiger partial charge in [-0.1, -0.05) is 34.0 Å². The molecule has 0 spiro atoms. The lowest BCUT2D eigenvalue weighted by atomic mass is 10.1. The molecule has 0 fully saturated rings. The Bertz CT molecular complexity index is 885. The van der Waals surface area contributed by atoms with Crippen molar-refractivity contribution in [2.45, 2.75) is 19.6 Å². The van der Waals surface area contributed by atoms with Gasteiger partial charge in [0.1, 0.15) is 0 Å². The molecule has 0 aromatic carbocycles. The normalized spacial score (nSPS) is 13.9. The van der Waals surface area contributed by atoms with Crippen LogP contribution in [0.15, 0.2) is 57.6 Å². The zero-order chi connectivity index (χ0) is 19.6. The topological polar surface area (TPSA) is 102 Å². The molecule has 3 N–H and O–H groups in total. The lowest BCUT2D eigenvalue weighted by Crippen LogP contribution is -2.17. The van der Waals surface area contributed by atoms with E-state index < -0.39 is 6.17 Å². The maximum Gasteiger partial charge on any atom is 0.202 e. The molecule has 0 aliphatic carbocycles. The van der Waals surface area contributed by atoms with Crippen LogP contribution in [0.1, 0.15) is 18.2 Å². The smallest absolute Gasteiger partial charge is 0.202 e. The number of pyridine rings is 1. The van der Waals surface area contributed by atoms with Crippen LogP contribution in [-0.4, -0.2) is 32.6 Å². The maximum absolute atomic E-state index is 13.7. The van der Waals surface area contributed by atoms with Crippen LogP contribution in [-0.2, 0) is 6.54 Å². The minimum absolute atomic E-state index is 0.0688. The van der Waals surface area contributed by atoms with E-state index in [1.54, 1.807) is 25.4 Å². The third kappa shape index (κ3) is 5.76. The van der Waals surface area contributed by atoms with Crippen molar-refractivity contribution in [3.63, 3.8) is 0 Å². The maximum atomic E-state index is 13.7. The van der Waals surface area contributed by atoms with Gasteiger partial charge < -0.3 is 11.1 Å². The van der Waals surface area contributed by atoms with Gasteiger partial charge in [-0.25, -0.2) is 14.0 Å². The van der Waals surface area contributed by atoms with Gasteiger partial charge in [0, 0.05) is 24.3 Å². The fraction of sp³-hybridized carbons (Fsp3) is 0.222. The number of terminal acetylenes is 1. The molecule has 2 heterocycles. The second-order valence-corrected chi connectivity index (χ2v) is 5.83. The highest BCUT2D eigenvalue weighted by molar-refractivity contribution is 9.09. The number of allylic oxidation sites excluding steroid dienone is 3. The molecule has 2 aromatic heterocycles. The molecular formula is C18H18BrFN6O. The first-order chi connectivity index (χ1) is 13.1. The van der Waals surface area contributed by atoms with Crippen molar-refractivity contribution in [2.75, 3.05) is 10.6 Å².